The van der Waals surface area contributed by atoms with Gasteiger partial charge in [0.25, 0.3) is 0 Å². The van der Waals surface area contributed by atoms with Crippen molar-refractivity contribution in [3.05, 3.63) is 58.8 Å². The van der Waals surface area contributed by atoms with Crippen molar-refractivity contribution in [1.29, 1.82) is 0 Å². The second kappa shape index (κ2) is 9.09. The van der Waals surface area contributed by atoms with Crippen LogP contribution in [0.2, 0.25) is 0 Å². The first-order chi connectivity index (χ1) is 13.7. The van der Waals surface area contributed by atoms with Gasteiger partial charge in [-0.2, -0.15) is 0 Å². The van der Waals surface area contributed by atoms with Crippen molar-refractivity contribution in [1.82, 2.24) is 14.8 Å². The molecule has 0 N–H and O–H groups in total. The third-order valence-corrected chi connectivity index (χ3v) is 6.30. The van der Waals surface area contributed by atoms with Crippen LogP contribution in [0.4, 0.5) is 4.39 Å². The van der Waals surface area contributed by atoms with Gasteiger partial charge in [0.1, 0.15) is 11.6 Å². The van der Waals surface area contributed by atoms with E-state index >= 15 is 0 Å². The fourth-order valence-electron chi connectivity index (χ4n) is 3.52. The largest absolute Gasteiger partial charge is 0.493 e. The molecule has 0 bridgehead atoms. The van der Waals surface area contributed by atoms with Gasteiger partial charge in [-0.05, 0) is 49.2 Å². The van der Waals surface area contributed by atoms with Crippen molar-refractivity contribution >= 4 is 27.7 Å². The molecule has 0 aliphatic heterocycles. The number of rotatable bonds is 7. The molecule has 146 valence electrons. The Kier molecular flexibility index (Phi) is 6.32. The van der Waals surface area contributed by atoms with Gasteiger partial charge < -0.3 is 4.74 Å². The lowest BCUT2D eigenvalue weighted by molar-refractivity contribution is 0.343. The highest BCUT2D eigenvalue weighted by molar-refractivity contribution is 9.10. The first kappa shape index (κ1) is 19.5. The molecule has 28 heavy (non-hydrogen) atoms. The molecule has 0 spiro atoms. The van der Waals surface area contributed by atoms with Crippen molar-refractivity contribution in [2.45, 2.75) is 36.9 Å². The van der Waals surface area contributed by atoms with E-state index in [0.29, 0.717) is 24.0 Å². The summed E-state index contributed by atoms with van der Waals surface area (Å²) in [6.07, 6.45) is 4.55. The van der Waals surface area contributed by atoms with E-state index in [1.165, 1.54) is 18.9 Å². The Bertz CT molecular complexity index is 926. The number of aromatic nitrogens is 3. The number of thioether (sulfide) groups is 1. The number of hydrogen-bond donors (Lipinski definition) is 0. The Morgan fingerprint density at radius 1 is 1.07 bits per heavy atom. The predicted octanol–water partition coefficient (Wildman–Crippen LogP) is 6.13. The van der Waals surface area contributed by atoms with Gasteiger partial charge in [0.2, 0.25) is 0 Å². The van der Waals surface area contributed by atoms with E-state index < -0.39 is 0 Å². The van der Waals surface area contributed by atoms with E-state index in [2.05, 4.69) is 30.7 Å². The molecule has 0 amide bonds. The molecule has 1 aliphatic rings. The molecular formula is C21H21BrFN3OS. The molecule has 7 heteroatoms. The highest BCUT2D eigenvalue weighted by Gasteiger charge is 2.25. The van der Waals surface area contributed by atoms with Gasteiger partial charge in [0, 0.05) is 16.3 Å². The summed E-state index contributed by atoms with van der Waals surface area (Å²) in [6.45, 7) is 0.568. The maximum absolute atomic E-state index is 14.4. The van der Waals surface area contributed by atoms with Crippen molar-refractivity contribution in [3.8, 4) is 17.1 Å². The van der Waals surface area contributed by atoms with Gasteiger partial charge in [-0.25, -0.2) is 4.39 Å². The Labute approximate surface area is 176 Å². The van der Waals surface area contributed by atoms with E-state index in [9.17, 15) is 4.39 Å². The van der Waals surface area contributed by atoms with Gasteiger partial charge in [-0.15, -0.1) is 10.2 Å². The predicted molar refractivity (Wildman–Crippen MR) is 113 cm³/mol. The van der Waals surface area contributed by atoms with Crippen molar-refractivity contribution in [2.75, 3.05) is 12.4 Å². The van der Waals surface area contributed by atoms with Crippen LogP contribution in [0.1, 0.15) is 31.7 Å². The summed E-state index contributed by atoms with van der Waals surface area (Å²) in [5, 5.41) is 9.56. The smallest absolute Gasteiger partial charge is 0.191 e. The normalized spacial score (nSPS) is 14.5. The SMILES string of the molecule is Fc1ccccc1-c1nnc(SCCOc2ccc(Br)cc2)n1C1CCCC1. The van der Waals surface area contributed by atoms with Gasteiger partial charge in [-0.3, -0.25) is 4.57 Å². The molecule has 2 aromatic carbocycles. The summed E-state index contributed by atoms with van der Waals surface area (Å²) < 4.78 is 23.3. The number of nitrogens with zero attached hydrogens (tertiary/aromatic N) is 3. The lowest BCUT2D eigenvalue weighted by Crippen LogP contribution is -2.10. The Morgan fingerprint density at radius 3 is 2.57 bits per heavy atom. The summed E-state index contributed by atoms with van der Waals surface area (Å²) in [5.74, 6) is 1.96. The van der Waals surface area contributed by atoms with E-state index in [-0.39, 0.29) is 5.82 Å². The summed E-state index contributed by atoms with van der Waals surface area (Å²) in [7, 11) is 0. The molecule has 0 radical (unpaired) electrons. The zero-order valence-electron chi connectivity index (χ0n) is 15.4. The summed E-state index contributed by atoms with van der Waals surface area (Å²) in [6, 6.07) is 14.9. The van der Waals surface area contributed by atoms with Crippen molar-refractivity contribution in [2.24, 2.45) is 0 Å². The van der Waals surface area contributed by atoms with Gasteiger partial charge in [-0.1, -0.05) is 52.7 Å². The highest BCUT2D eigenvalue weighted by atomic mass is 79.9. The molecule has 1 fully saturated rings. The lowest BCUT2D eigenvalue weighted by atomic mass is 10.1. The van der Waals surface area contributed by atoms with Crippen LogP contribution >= 0.6 is 27.7 Å². The molecule has 3 aromatic rings. The number of ether oxygens (including phenoxy) is 1. The average molecular weight is 462 g/mol. The summed E-state index contributed by atoms with van der Waals surface area (Å²) >= 11 is 5.03. The fourth-order valence-corrected chi connectivity index (χ4v) is 4.60. The molecule has 0 unspecified atom stereocenters. The topological polar surface area (TPSA) is 39.9 Å². The van der Waals surface area contributed by atoms with Crippen LogP contribution in [0.25, 0.3) is 11.4 Å². The Morgan fingerprint density at radius 2 is 1.82 bits per heavy atom. The number of benzene rings is 2. The van der Waals surface area contributed by atoms with Gasteiger partial charge >= 0.3 is 0 Å². The van der Waals surface area contributed by atoms with Crippen LogP contribution in [0.3, 0.4) is 0 Å². The van der Waals surface area contributed by atoms with Crippen LogP contribution < -0.4 is 4.74 Å². The zero-order valence-corrected chi connectivity index (χ0v) is 17.8. The van der Waals surface area contributed by atoms with Crippen LogP contribution in [0, 0.1) is 5.82 Å². The van der Waals surface area contributed by atoms with E-state index in [1.807, 2.05) is 30.3 Å². The maximum Gasteiger partial charge on any atom is 0.191 e. The molecule has 4 rings (SSSR count). The molecule has 1 heterocycles. The highest BCUT2D eigenvalue weighted by Crippen LogP contribution is 2.37. The molecule has 0 atom stereocenters. The quantitative estimate of drug-likeness (QED) is 0.313. The third kappa shape index (κ3) is 4.41. The van der Waals surface area contributed by atoms with Crippen LogP contribution in [0.5, 0.6) is 5.75 Å². The van der Waals surface area contributed by atoms with E-state index in [4.69, 9.17) is 4.74 Å². The number of hydrogen-bond acceptors (Lipinski definition) is 4. The first-order valence-electron chi connectivity index (χ1n) is 9.43. The average Bonchev–Trinajstić information content (AvgIpc) is 3.36. The molecule has 0 saturated heterocycles. The van der Waals surface area contributed by atoms with E-state index in [0.717, 1.165) is 34.0 Å². The van der Waals surface area contributed by atoms with Gasteiger partial charge in [0.05, 0.1) is 12.2 Å². The van der Waals surface area contributed by atoms with E-state index in [1.54, 1.807) is 23.9 Å². The zero-order chi connectivity index (χ0) is 19.3. The first-order valence-corrected chi connectivity index (χ1v) is 11.2. The molecule has 1 saturated carbocycles. The van der Waals surface area contributed by atoms with Crippen LogP contribution in [-0.2, 0) is 0 Å². The second-order valence-corrected chi connectivity index (χ2v) is 8.72. The molecule has 1 aliphatic carbocycles. The minimum atomic E-state index is -0.260. The third-order valence-electron chi connectivity index (χ3n) is 4.87. The molecule has 1 aromatic heterocycles. The maximum atomic E-state index is 14.4. The minimum Gasteiger partial charge on any atom is -0.493 e. The van der Waals surface area contributed by atoms with Crippen molar-refractivity contribution < 1.29 is 9.13 Å². The van der Waals surface area contributed by atoms with Crippen molar-refractivity contribution in [3.63, 3.8) is 0 Å². The van der Waals surface area contributed by atoms with Crippen LogP contribution in [-0.4, -0.2) is 27.1 Å². The number of halogens is 2. The summed E-state index contributed by atoms with van der Waals surface area (Å²) in [5.41, 5.74) is 0.514. The summed E-state index contributed by atoms with van der Waals surface area (Å²) in [4.78, 5) is 0. The molecule has 4 nitrogen and oxygen atoms in total. The molecular weight excluding hydrogens is 441 g/mol. The van der Waals surface area contributed by atoms with Crippen LogP contribution in [0.15, 0.2) is 58.2 Å². The minimum absolute atomic E-state index is 0.260. The Hall–Kier alpha value is -1.86. The Balaban J connectivity index is 1.49. The lowest BCUT2D eigenvalue weighted by Gasteiger charge is -2.17. The fraction of sp³-hybridized carbons (Fsp3) is 0.333. The second-order valence-electron chi connectivity index (χ2n) is 6.75. The standard InChI is InChI=1S/C21H21BrFN3OS/c22-15-9-11-17(12-10-15)27-13-14-28-21-25-24-20(18-7-3-4-8-19(18)23)26(21)16-5-1-2-6-16/h3-4,7-12,16H,1-2,5-6,13-14H2. The monoisotopic (exact) mass is 461 g/mol. The van der Waals surface area contributed by atoms with Gasteiger partial charge in [0.15, 0.2) is 11.0 Å².